The van der Waals surface area contributed by atoms with Gasteiger partial charge < -0.3 is 4.90 Å². The number of pyridine rings is 2. The third-order valence-electron chi connectivity index (χ3n) is 4.89. The number of halogens is 1. The molecule has 0 atom stereocenters. The Kier molecular flexibility index (Phi) is 4.32. The average Bonchev–Trinajstić information content (AvgIpc) is 2.68. The van der Waals surface area contributed by atoms with Crippen molar-refractivity contribution in [3.05, 3.63) is 82.3 Å². The van der Waals surface area contributed by atoms with Crippen molar-refractivity contribution in [3.8, 4) is 11.1 Å². The molecule has 5 nitrogen and oxygen atoms in total. The molecule has 27 heavy (non-hydrogen) atoms. The summed E-state index contributed by atoms with van der Waals surface area (Å²) in [7, 11) is 1.79. The van der Waals surface area contributed by atoms with Crippen molar-refractivity contribution in [2.24, 2.45) is 0 Å². The van der Waals surface area contributed by atoms with Gasteiger partial charge in [-0.2, -0.15) is 4.39 Å². The molecule has 0 saturated heterocycles. The molecular formula is C21H18FN3O2. The number of hydrogen-bond donors (Lipinski definition) is 0. The van der Waals surface area contributed by atoms with E-state index in [1.54, 1.807) is 24.3 Å². The summed E-state index contributed by atoms with van der Waals surface area (Å²) in [6.45, 7) is 0.120. The Bertz CT molecular complexity index is 1090. The number of amides is 1. The molecule has 3 heterocycles. The van der Waals surface area contributed by atoms with Crippen molar-refractivity contribution in [3.63, 3.8) is 0 Å². The molecule has 0 radical (unpaired) electrons. The summed E-state index contributed by atoms with van der Waals surface area (Å²) in [6.07, 6.45) is 4.59. The molecule has 0 unspecified atom stereocenters. The zero-order valence-electron chi connectivity index (χ0n) is 14.9. The number of carbonyl (C=O) groups excluding carboxylic acids is 1. The van der Waals surface area contributed by atoms with E-state index in [9.17, 15) is 14.0 Å². The standard InChI is InChI=1S/C21H18FN3O2/c1-24-18-7-5-15(10-16(18)6-8-20(24)26)17-9-14(11-23-12-17)13-25-19(22)3-2-4-21(25)27/h2-5,7,9-12H,6,8,13H2,1H3. The maximum Gasteiger partial charge on any atom is 0.253 e. The molecule has 6 heteroatoms. The summed E-state index contributed by atoms with van der Waals surface area (Å²) in [4.78, 5) is 29.7. The van der Waals surface area contributed by atoms with Crippen molar-refractivity contribution in [2.45, 2.75) is 19.4 Å². The van der Waals surface area contributed by atoms with Gasteiger partial charge in [0, 0.05) is 43.2 Å². The van der Waals surface area contributed by atoms with Crippen LogP contribution in [0.2, 0.25) is 0 Å². The average molecular weight is 363 g/mol. The minimum atomic E-state index is -0.575. The molecule has 1 amide bonds. The zero-order chi connectivity index (χ0) is 19.0. The van der Waals surface area contributed by atoms with E-state index in [2.05, 4.69) is 11.1 Å². The van der Waals surface area contributed by atoms with Gasteiger partial charge in [-0.15, -0.1) is 0 Å². The first-order valence-corrected chi connectivity index (χ1v) is 8.72. The summed E-state index contributed by atoms with van der Waals surface area (Å²) >= 11 is 0. The Hall–Kier alpha value is -3.28. The number of carbonyl (C=O) groups is 1. The maximum absolute atomic E-state index is 13.9. The lowest BCUT2D eigenvalue weighted by atomic mass is 9.96. The van der Waals surface area contributed by atoms with Crippen LogP contribution in [0.4, 0.5) is 10.1 Å². The van der Waals surface area contributed by atoms with E-state index in [0.717, 1.165) is 32.5 Å². The SMILES string of the molecule is CN1C(=O)CCc2cc(-c3cncc(Cn4c(F)cccc4=O)c3)ccc21. The van der Waals surface area contributed by atoms with Crippen molar-refractivity contribution in [1.82, 2.24) is 9.55 Å². The van der Waals surface area contributed by atoms with Gasteiger partial charge in [0.15, 0.2) is 5.95 Å². The first-order chi connectivity index (χ1) is 13.0. The lowest BCUT2D eigenvalue weighted by Crippen LogP contribution is -2.30. The maximum atomic E-state index is 13.9. The number of rotatable bonds is 3. The molecule has 2 aromatic heterocycles. The van der Waals surface area contributed by atoms with Crippen LogP contribution in [-0.2, 0) is 17.8 Å². The van der Waals surface area contributed by atoms with Gasteiger partial charge in [0.1, 0.15) is 0 Å². The number of anilines is 1. The van der Waals surface area contributed by atoms with Crippen LogP contribution in [0.25, 0.3) is 11.1 Å². The highest BCUT2D eigenvalue weighted by Crippen LogP contribution is 2.31. The summed E-state index contributed by atoms with van der Waals surface area (Å²) in [6, 6.07) is 11.9. The Labute approximate surface area is 155 Å². The smallest absolute Gasteiger partial charge is 0.253 e. The van der Waals surface area contributed by atoms with E-state index in [0.29, 0.717) is 12.8 Å². The fourth-order valence-corrected chi connectivity index (χ4v) is 3.40. The summed E-state index contributed by atoms with van der Waals surface area (Å²) in [5, 5.41) is 0. The summed E-state index contributed by atoms with van der Waals surface area (Å²) in [5.41, 5.74) is 4.26. The van der Waals surface area contributed by atoms with Crippen molar-refractivity contribution < 1.29 is 9.18 Å². The van der Waals surface area contributed by atoms with E-state index < -0.39 is 5.95 Å². The molecule has 0 spiro atoms. The van der Waals surface area contributed by atoms with E-state index in [1.807, 2.05) is 18.2 Å². The van der Waals surface area contributed by atoms with Crippen LogP contribution in [0, 0.1) is 5.95 Å². The van der Waals surface area contributed by atoms with E-state index in [4.69, 9.17) is 0 Å². The normalized spacial score (nSPS) is 13.6. The second-order valence-electron chi connectivity index (χ2n) is 6.65. The van der Waals surface area contributed by atoms with Crippen molar-refractivity contribution in [1.29, 1.82) is 0 Å². The molecule has 0 saturated carbocycles. The van der Waals surface area contributed by atoms with Crippen molar-refractivity contribution >= 4 is 11.6 Å². The second kappa shape index (κ2) is 6.79. The first-order valence-electron chi connectivity index (χ1n) is 8.72. The predicted octanol–water partition coefficient (Wildman–Crippen LogP) is 3.01. The van der Waals surface area contributed by atoms with Gasteiger partial charge in [-0.05, 0) is 47.4 Å². The lowest BCUT2D eigenvalue weighted by molar-refractivity contribution is -0.118. The summed E-state index contributed by atoms with van der Waals surface area (Å²) in [5.74, 6) is -0.455. The van der Waals surface area contributed by atoms with Gasteiger partial charge >= 0.3 is 0 Å². The minimum Gasteiger partial charge on any atom is -0.315 e. The molecule has 0 fully saturated rings. The quantitative estimate of drug-likeness (QED) is 0.672. The Morgan fingerprint density at radius 3 is 2.70 bits per heavy atom. The number of hydrogen-bond acceptors (Lipinski definition) is 3. The topological polar surface area (TPSA) is 55.2 Å². The van der Waals surface area contributed by atoms with Crippen LogP contribution in [0.5, 0.6) is 0 Å². The Morgan fingerprint density at radius 1 is 1.04 bits per heavy atom. The number of benzene rings is 1. The zero-order valence-corrected chi connectivity index (χ0v) is 14.9. The fourth-order valence-electron chi connectivity index (χ4n) is 3.40. The lowest BCUT2D eigenvalue weighted by Gasteiger charge is -2.26. The van der Waals surface area contributed by atoms with Crippen LogP contribution in [-0.4, -0.2) is 22.5 Å². The number of aromatic nitrogens is 2. The number of nitrogens with zero attached hydrogens (tertiary/aromatic N) is 3. The number of fused-ring (bicyclic) bond motifs is 1. The van der Waals surface area contributed by atoms with Crippen LogP contribution in [0.15, 0.2) is 59.7 Å². The predicted molar refractivity (Wildman–Crippen MR) is 101 cm³/mol. The van der Waals surface area contributed by atoms with E-state index in [-0.39, 0.29) is 18.0 Å². The van der Waals surface area contributed by atoms with Gasteiger partial charge in [0.05, 0.1) is 6.54 Å². The molecule has 3 aromatic rings. The molecule has 136 valence electrons. The highest BCUT2D eigenvalue weighted by Gasteiger charge is 2.21. The molecule has 1 aromatic carbocycles. The molecule has 4 rings (SSSR count). The van der Waals surface area contributed by atoms with Gasteiger partial charge in [-0.1, -0.05) is 12.1 Å². The van der Waals surface area contributed by atoms with Crippen LogP contribution >= 0.6 is 0 Å². The third-order valence-corrected chi connectivity index (χ3v) is 4.89. The molecular weight excluding hydrogens is 345 g/mol. The largest absolute Gasteiger partial charge is 0.315 e. The van der Waals surface area contributed by atoms with Gasteiger partial charge in [0.25, 0.3) is 5.56 Å². The van der Waals surface area contributed by atoms with E-state index in [1.165, 1.54) is 18.2 Å². The Balaban J connectivity index is 1.67. The van der Waals surface area contributed by atoms with Crippen LogP contribution < -0.4 is 10.5 Å². The first kappa shape index (κ1) is 17.1. The van der Waals surface area contributed by atoms with Crippen LogP contribution in [0.3, 0.4) is 0 Å². The molecule has 0 bridgehead atoms. The van der Waals surface area contributed by atoms with Gasteiger partial charge in [0.2, 0.25) is 5.91 Å². The third kappa shape index (κ3) is 3.26. The van der Waals surface area contributed by atoms with Crippen LogP contribution in [0.1, 0.15) is 17.5 Å². The molecule has 1 aliphatic rings. The van der Waals surface area contributed by atoms with Crippen molar-refractivity contribution in [2.75, 3.05) is 11.9 Å². The molecule has 0 aliphatic carbocycles. The van der Waals surface area contributed by atoms with Gasteiger partial charge in [-0.25, -0.2) is 0 Å². The highest BCUT2D eigenvalue weighted by molar-refractivity contribution is 5.96. The summed E-state index contributed by atoms with van der Waals surface area (Å²) < 4.78 is 15.0. The fraction of sp³-hybridized carbons (Fsp3) is 0.190. The Morgan fingerprint density at radius 2 is 1.89 bits per heavy atom. The minimum absolute atomic E-state index is 0.120. The second-order valence-corrected chi connectivity index (χ2v) is 6.65. The highest BCUT2D eigenvalue weighted by atomic mass is 19.1. The van der Waals surface area contributed by atoms with E-state index >= 15 is 0 Å². The molecule has 0 N–H and O–H groups in total. The number of aryl methyl sites for hydroxylation is 1. The molecule has 1 aliphatic heterocycles. The van der Waals surface area contributed by atoms with Gasteiger partial charge in [-0.3, -0.25) is 19.1 Å². The monoisotopic (exact) mass is 363 g/mol.